The average Bonchev–Trinajstić information content (AvgIpc) is 2.81. The molecule has 0 heterocycles. The van der Waals surface area contributed by atoms with E-state index in [0.29, 0.717) is 6.04 Å². The van der Waals surface area contributed by atoms with Crippen LogP contribution in [0.15, 0.2) is 0 Å². The quantitative estimate of drug-likeness (QED) is 0.441. The Morgan fingerprint density at radius 3 is 2.82 bits per heavy atom. The fourth-order valence-electron chi connectivity index (χ4n) is 1.29. The van der Waals surface area contributed by atoms with E-state index in [0.717, 1.165) is 18.9 Å². The van der Waals surface area contributed by atoms with Crippen LogP contribution in [-0.2, 0) is 4.74 Å². The molecule has 1 rings (SSSR count). The summed E-state index contributed by atoms with van der Waals surface area (Å²) in [7, 11) is 1.73. The molecule has 11 heavy (non-hydrogen) atoms. The molecule has 0 aromatic rings. The Morgan fingerprint density at radius 2 is 2.36 bits per heavy atom. The molecule has 0 aliphatic heterocycles. The highest BCUT2D eigenvalue weighted by Crippen LogP contribution is 2.33. The second-order valence-electron chi connectivity index (χ2n) is 3.32. The third-order valence-electron chi connectivity index (χ3n) is 2.22. The van der Waals surface area contributed by atoms with E-state index >= 15 is 0 Å². The summed E-state index contributed by atoms with van der Waals surface area (Å²) in [5, 5.41) is 0. The summed E-state index contributed by atoms with van der Waals surface area (Å²) < 4.78 is 4.98. The van der Waals surface area contributed by atoms with E-state index in [1.165, 1.54) is 19.3 Å². The molecule has 66 valence electrons. The molecule has 1 unspecified atom stereocenters. The van der Waals surface area contributed by atoms with Gasteiger partial charge in [-0.3, -0.25) is 11.3 Å². The van der Waals surface area contributed by atoms with Crippen molar-refractivity contribution in [2.75, 3.05) is 13.7 Å². The van der Waals surface area contributed by atoms with Crippen molar-refractivity contribution in [1.82, 2.24) is 5.43 Å². The molecular formula is C8H18N2O. The molecule has 3 nitrogen and oxygen atoms in total. The largest absolute Gasteiger partial charge is 0.385 e. The predicted molar refractivity (Wildman–Crippen MR) is 44.9 cm³/mol. The van der Waals surface area contributed by atoms with Crippen LogP contribution in [0.5, 0.6) is 0 Å². The van der Waals surface area contributed by atoms with Gasteiger partial charge in [-0.1, -0.05) is 12.8 Å². The zero-order valence-corrected chi connectivity index (χ0v) is 7.18. The summed E-state index contributed by atoms with van der Waals surface area (Å²) in [6.45, 7) is 0.807. The highest BCUT2D eigenvalue weighted by atomic mass is 16.5. The summed E-state index contributed by atoms with van der Waals surface area (Å²) in [6, 6.07) is 0.461. The zero-order chi connectivity index (χ0) is 8.10. The summed E-state index contributed by atoms with van der Waals surface area (Å²) >= 11 is 0. The Kier molecular flexibility index (Phi) is 3.83. The van der Waals surface area contributed by atoms with Gasteiger partial charge >= 0.3 is 0 Å². The number of hydrogen-bond donors (Lipinski definition) is 2. The first-order chi connectivity index (χ1) is 5.36. The molecule has 0 radical (unpaired) electrons. The Bertz CT molecular complexity index is 104. The van der Waals surface area contributed by atoms with Crippen LogP contribution < -0.4 is 11.3 Å². The van der Waals surface area contributed by atoms with Gasteiger partial charge in [0.15, 0.2) is 0 Å². The third-order valence-corrected chi connectivity index (χ3v) is 2.22. The number of methoxy groups -OCH3 is 1. The Labute approximate surface area is 68.3 Å². The van der Waals surface area contributed by atoms with Gasteiger partial charge in [-0.15, -0.1) is 0 Å². The molecule has 1 aliphatic rings. The van der Waals surface area contributed by atoms with E-state index in [-0.39, 0.29) is 0 Å². The molecule has 0 amide bonds. The maximum Gasteiger partial charge on any atom is 0.0477 e. The van der Waals surface area contributed by atoms with Gasteiger partial charge in [0.1, 0.15) is 0 Å². The van der Waals surface area contributed by atoms with Crippen LogP contribution >= 0.6 is 0 Å². The van der Waals surface area contributed by atoms with Gasteiger partial charge in [-0.25, -0.2) is 0 Å². The van der Waals surface area contributed by atoms with E-state index in [4.69, 9.17) is 10.6 Å². The minimum Gasteiger partial charge on any atom is -0.385 e. The molecule has 1 atom stereocenters. The topological polar surface area (TPSA) is 47.3 Å². The van der Waals surface area contributed by atoms with Gasteiger partial charge in [0, 0.05) is 19.8 Å². The minimum atomic E-state index is 0.461. The average molecular weight is 158 g/mol. The molecule has 1 saturated carbocycles. The van der Waals surface area contributed by atoms with Crippen LogP contribution in [0.1, 0.15) is 25.7 Å². The first kappa shape index (κ1) is 8.97. The summed E-state index contributed by atoms with van der Waals surface area (Å²) in [4.78, 5) is 0. The van der Waals surface area contributed by atoms with Gasteiger partial charge < -0.3 is 4.74 Å². The van der Waals surface area contributed by atoms with Crippen molar-refractivity contribution in [2.24, 2.45) is 11.8 Å². The predicted octanol–water partition coefficient (Wildman–Crippen LogP) is 0.655. The normalized spacial score (nSPS) is 20.2. The van der Waals surface area contributed by atoms with Gasteiger partial charge in [-0.05, 0) is 18.8 Å². The van der Waals surface area contributed by atoms with Crippen molar-refractivity contribution in [3.05, 3.63) is 0 Å². The van der Waals surface area contributed by atoms with Gasteiger partial charge in [0.2, 0.25) is 0 Å². The number of hydrogen-bond acceptors (Lipinski definition) is 3. The summed E-state index contributed by atoms with van der Waals surface area (Å²) in [5.74, 6) is 6.32. The van der Waals surface area contributed by atoms with Crippen molar-refractivity contribution in [2.45, 2.75) is 31.7 Å². The first-order valence-electron chi connectivity index (χ1n) is 4.32. The van der Waals surface area contributed by atoms with Crippen molar-refractivity contribution in [3.8, 4) is 0 Å². The highest BCUT2D eigenvalue weighted by molar-refractivity contribution is 4.78. The highest BCUT2D eigenvalue weighted by Gasteiger charge is 2.24. The lowest BCUT2D eigenvalue weighted by molar-refractivity contribution is 0.180. The Balaban J connectivity index is 2.02. The summed E-state index contributed by atoms with van der Waals surface area (Å²) in [5.41, 5.74) is 2.83. The fourth-order valence-corrected chi connectivity index (χ4v) is 1.29. The van der Waals surface area contributed by atoms with Crippen LogP contribution in [0.3, 0.4) is 0 Å². The van der Waals surface area contributed by atoms with Gasteiger partial charge in [-0.2, -0.15) is 0 Å². The van der Waals surface area contributed by atoms with Gasteiger partial charge in [0.05, 0.1) is 0 Å². The first-order valence-corrected chi connectivity index (χ1v) is 4.32. The van der Waals surface area contributed by atoms with E-state index in [1.54, 1.807) is 7.11 Å². The molecule has 1 fully saturated rings. The van der Waals surface area contributed by atoms with Crippen LogP contribution in [-0.4, -0.2) is 19.8 Å². The molecule has 0 bridgehead atoms. The Morgan fingerprint density at radius 1 is 1.64 bits per heavy atom. The summed E-state index contributed by atoms with van der Waals surface area (Å²) in [6.07, 6.45) is 5.04. The smallest absolute Gasteiger partial charge is 0.0477 e. The van der Waals surface area contributed by atoms with Crippen molar-refractivity contribution < 1.29 is 4.74 Å². The van der Waals surface area contributed by atoms with Crippen molar-refractivity contribution in [1.29, 1.82) is 0 Å². The molecule has 3 heteroatoms. The number of rotatable bonds is 6. The lowest BCUT2D eigenvalue weighted by Crippen LogP contribution is -2.36. The van der Waals surface area contributed by atoms with Crippen LogP contribution in [0.25, 0.3) is 0 Å². The number of nitrogens with two attached hydrogens (primary N) is 1. The van der Waals surface area contributed by atoms with Crippen LogP contribution in [0, 0.1) is 5.92 Å². The monoisotopic (exact) mass is 158 g/mol. The van der Waals surface area contributed by atoms with E-state index in [9.17, 15) is 0 Å². The second kappa shape index (κ2) is 4.70. The maximum atomic E-state index is 5.38. The zero-order valence-electron chi connectivity index (χ0n) is 7.18. The van der Waals surface area contributed by atoms with E-state index in [1.807, 2.05) is 0 Å². The SMILES string of the molecule is COCCC(CC1CC1)NN. The molecular weight excluding hydrogens is 140 g/mol. The standard InChI is InChI=1S/C8H18N2O/c1-11-5-4-8(10-9)6-7-2-3-7/h7-8,10H,2-6,9H2,1H3. The van der Waals surface area contributed by atoms with Crippen LogP contribution in [0.4, 0.5) is 0 Å². The van der Waals surface area contributed by atoms with Crippen LogP contribution in [0.2, 0.25) is 0 Å². The van der Waals surface area contributed by atoms with Crippen molar-refractivity contribution >= 4 is 0 Å². The van der Waals surface area contributed by atoms with Gasteiger partial charge in [0.25, 0.3) is 0 Å². The minimum absolute atomic E-state index is 0.461. The number of hydrazine groups is 1. The molecule has 0 aromatic carbocycles. The molecule has 0 spiro atoms. The molecule has 0 saturated heterocycles. The molecule has 0 aromatic heterocycles. The lowest BCUT2D eigenvalue weighted by Gasteiger charge is -2.14. The third kappa shape index (κ3) is 3.70. The molecule has 3 N–H and O–H groups in total. The molecule has 1 aliphatic carbocycles. The van der Waals surface area contributed by atoms with Crippen molar-refractivity contribution in [3.63, 3.8) is 0 Å². The maximum absolute atomic E-state index is 5.38. The Hall–Kier alpha value is -0.120. The van der Waals surface area contributed by atoms with E-state index in [2.05, 4.69) is 5.43 Å². The number of nitrogens with one attached hydrogen (secondary N) is 1. The van der Waals surface area contributed by atoms with E-state index < -0.39 is 0 Å². The number of ether oxygens (including phenoxy) is 1. The fraction of sp³-hybridized carbons (Fsp3) is 1.00. The lowest BCUT2D eigenvalue weighted by atomic mass is 10.1. The second-order valence-corrected chi connectivity index (χ2v) is 3.32.